The lowest BCUT2D eigenvalue weighted by atomic mass is 10.1. The first-order valence-corrected chi connectivity index (χ1v) is 7.88. The number of carbonyl (C=O) groups excluding carboxylic acids is 1. The summed E-state index contributed by atoms with van der Waals surface area (Å²) < 4.78 is 37.9. The van der Waals surface area contributed by atoms with Gasteiger partial charge in [0.2, 0.25) is 5.91 Å². The number of hydrogen-bond donors (Lipinski definition) is 2. The average Bonchev–Trinajstić information content (AvgIpc) is 3.03. The second-order valence-electron chi connectivity index (χ2n) is 5.02. The van der Waals surface area contributed by atoms with Gasteiger partial charge in [0.1, 0.15) is 0 Å². The van der Waals surface area contributed by atoms with Crippen molar-refractivity contribution in [1.29, 1.82) is 0 Å². The average molecular weight is 343 g/mol. The van der Waals surface area contributed by atoms with Crippen LogP contribution in [-0.2, 0) is 17.4 Å². The number of halogens is 3. The number of aliphatic hydroxyl groups is 1. The third-order valence-corrected chi connectivity index (χ3v) is 4.21. The van der Waals surface area contributed by atoms with E-state index in [1.165, 1.54) is 12.1 Å². The van der Waals surface area contributed by atoms with Gasteiger partial charge < -0.3 is 10.4 Å². The number of amides is 1. The Labute approximate surface area is 135 Å². The molecule has 2 aromatic rings. The third kappa shape index (κ3) is 5.37. The molecule has 1 aromatic carbocycles. The van der Waals surface area contributed by atoms with Crippen molar-refractivity contribution in [1.82, 2.24) is 5.32 Å². The smallest absolute Gasteiger partial charge is 0.387 e. The molecular formula is C16H16F3NO2S. The molecule has 2 N–H and O–H groups in total. The zero-order valence-electron chi connectivity index (χ0n) is 12.1. The van der Waals surface area contributed by atoms with Gasteiger partial charge in [-0.05, 0) is 35.6 Å². The molecule has 0 aliphatic heterocycles. The summed E-state index contributed by atoms with van der Waals surface area (Å²) in [6.07, 6.45) is -4.76. The molecule has 0 aliphatic carbocycles. The summed E-state index contributed by atoms with van der Waals surface area (Å²) in [6.45, 7) is -0.120. The van der Waals surface area contributed by atoms with Crippen LogP contribution < -0.4 is 5.32 Å². The summed E-state index contributed by atoms with van der Waals surface area (Å²) >= 11 is 1.55. The summed E-state index contributed by atoms with van der Waals surface area (Å²) in [7, 11) is 0. The molecule has 2 rings (SSSR count). The minimum absolute atomic E-state index is 0.120. The van der Waals surface area contributed by atoms with E-state index in [1.54, 1.807) is 11.3 Å². The Balaban J connectivity index is 1.84. The number of aliphatic hydroxyl groups excluding tert-OH is 1. The van der Waals surface area contributed by atoms with E-state index in [0.717, 1.165) is 17.0 Å². The van der Waals surface area contributed by atoms with Crippen molar-refractivity contribution in [3.8, 4) is 0 Å². The molecule has 0 saturated heterocycles. The number of nitrogens with one attached hydrogen (secondary N) is 1. The Bertz CT molecular complexity index is 641. The SMILES string of the molecule is O=C(CCc1cccs1)NCC(O)c1cccc(C(F)(F)F)c1. The van der Waals surface area contributed by atoms with Gasteiger partial charge >= 0.3 is 6.18 Å². The molecule has 7 heteroatoms. The van der Waals surface area contributed by atoms with Crippen molar-refractivity contribution in [3.63, 3.8) is 0 Å². The number of thiophene rings is 1. The highest BCUT2D eigenvalue weighted by atomic mass is 32.1. The van der Waals surface area contributed by atoms with E-state index in [4.69, 9.17) is 0 Å². The first-order valence-electron chi connectivity index (χ1n) is 7.00. The van der Waals surface area contributed by atoms with Crippen molar-refractivity contribution in [2.45, 2.75) is 25.1 Å². The second kappa shape index (κ2) is 7.61. The molecular weight excluding hydrogens is 327 g/mol. The van der Waals surface area contributed by atoms with Crippen molar-refractivity contribution in [2.75, 3.05) is 6.54 Å². The number of carbonyl (C=O) groups is 1. The maximum absolute atomic E-state index is 12.6. The van der Waals surface area contributed by atoms with Gasteiger partial charge in [0.25, 0.3) is 0 Å². The molecule has 0 aliphatic rings. The van der Waals surface area contributed by atoms with E-state index in [1.807, 2.05) is 17.5 Å². The Hall–Kier alpha value is -1.86. The summed E-state index contributed by atoms with van der Waals surface area (Å²) in [6, 6.07) is 8.29. The monoisotopic (exact) mass is 343 g/mol. The minimum atomic E-state index is -4.46. The topological polar surface area (TPSA) is 49.3 Å². The Morgan fingerprint density at radius 1 is 1.26 bits per heavy atom. The van der Waals surface area contributed by atoms with Crippen molar-refractivity contribution in [2.24, 2.45) is 0 Å². The predicted molar refractivity (Wildman–Crippen MR) is 82.1 cm³/mol. The second-order valence-corrected chi connectivity index (χ2v) is 6.05. The zero-order valence-corrected chi connectivity index (χ0v) is 13.0. The first kappa shape index (κ1) is 17.5. The molecule has 1 unspecified atom stereocenters. The molecule has 1 aromatic heterocycles. The number of alkyl halides is 3. The van der Waals surface area contributed by atoms with Crippen LogP contribution in [0.2, 0.25) is 0 Å². The van der Waals surface area contributed by atoms with Gasteiger partial charge in [0.05, 0.1) is 11.7 Å². The van der Waals surface area contributed by atoms with Crippen molar-refractivity contribution < 1.29 is 23.1 Å². The van der Waals surface area contributed by atoms with E-state index in [-0.39, 0.29) is 24.4 Å². The van der Waals surface area contributed by atoms with Crippen LogP contribution in [0.5, 0.6) is 0 Å². The summed E-state index contributed by atoms with van der Waals surface area (Å²) in [5.74, 6) is -0.246. The van der Waals surface area contributed by atoms with E-state index < -0.39 is 17.8 Å². The normalized spacial score (nSPS) is 12.9. The molecule has 124 valence electrons. The lowest BCUT2D eigenvalue weighted by Crippen LogP contribution is -2.28. The molecule has 0 saturated carbocycles. The Kier molecular flexibility index (Phi) is 5.79. The van der Waals surface area contributed by atoms with Crippen molar-refractivity contribution >= 4 is 17.2 Å². The lowest BCUT2D eigenvalue weighted by molar-refractivity contribution is -0.137. The maximum Gasteiger partial charge on any atom is 0.416 e. The van der Waals surface area contributed by atoms with Gasteiger partial charge in [0.15, 0.2) is 0 Å². The fraction of sp³-hybridized carbons (Fsp3) is 0.312. The van der Waals surface area contributed by atoms with Gasteiger partial charge in [-0.15, -0.1) is 11.3 Å². The highest BCUT2D eigenvalue weighted by Gasteiger charge is 2.30. The van der Waals surface area contributed by atoms with Crippen LogP contribution in [-0.4, -0.2) is 17.6 Å². The molecule has 3 nitrogen and oxygen atoms in total. The van der Waals surface area contributed by atoms with Crippen LogP contribution >= 0.6 is 11.3 Å². The number of hydrogen-bond acceptors (Lipinski definition) is 3. The third-order valence-electron chi connectivity index (χ3n) is 3.27. The first-order chi connectivity index (χ1) is 10.9. The highest BCUT2D eigenvalue weighted by Crippen LogP contribution is 2.30. The van der Waals surface area contributed by atoms with Crippen LogP contribution in [0.25, 0.3) is 0 Å². The molecule has 1 atom stereocenters. The Morgan fingerprint density at radius 3 is 2.70 bits per heavy atom. The van der Waals surface area contributed by atoms with Gasteiger partial charge in [-0.1, -0.05) is 18.2 Å². The van der Waals surface area contributed by atoms with Crippen LogP contribution in [0, 0.1) is 0 Å². The summed E-state index contributed by atoms with van der Waals surface area (Å²) in [5.41, 5.74) is -0.698. The molecule has 0 fully saturated rings. The number of aryl methyl sites for hydroxylation is 1. The summed E-state index contributed by atoms with van der Waals surface area (Å²) in [4.78, 5) is 12.8. The summed E-state index contributed by atoms with van der Waals surface area (Å²) in [5, 5.41) is 14.4. The van der Waals surface area contributed by atoms with Gasteiger partial charge in [-0.2, -0.15) is 13.2 Å². The van der Waals surface area contributed by atoms with Gasteiger partial charge in [-0.3, -0.25) is 4.79 Å². The lowest BCUT2D eigenvalue weighted by Gasteiger charge is -2.14. The molecule has 1 amide bonds. The van der Waals surface area contributed by atoms with Crippen LogP contribution in [0.1, 0.15) is 28.5 Å². The van der Waals surface area contributed by atoms with E-state index >= 15 is 0 Å². The minimum Gasteiger partial charge on any atom is -0.387 e. The van der Waals surface area contributed by atoms with Crippen LogP contribution in [0.15, 0.2) is 41.8 Å². The largest absolute Gasteiger partial charge is 0.416 e. The zero-order chi connectivity index (χ0) is 16.9. The van der Waals surface area contributed by atoms with E-state index in [0.29, 0.717) is 6.42 Å². The van der Waals surface area contributed by atoms with Crippen LogP contribution in [0.3, 0.4) is 0 Å². The molecule has 0 spiro atoms. The maximum atomic E-state index is 12.6. The fourth-order valence-corrected chi connectivity index (χ4v) is 2.74. The molecule has 0 bridgehead atoms. The molecule has 23 heavy (non-hydrogen) atoms. The van der Waals surface area contributed by atoms with Gasteiger partial charge in [-0.25, -0.2) is 0 Å². The number of benzene rings is 1. The highest BCUT2D eigenvalue weighted by molar-refractivity contribution is 7.09. The molecule has 1 heterocycles. The quantitative estimate of drug-likeness (QED) is 0.843. The van der Waals surface area contributed by atoms with E-state index in [2.05, 4.69) is 5.32 Å². The fourth-order valence-electron chi connectivity index (χ4n) is 2.03. The standard InChI is InChI=1S/C16H16F3NO2S/c17-16(18,19)12-4-1-3-11(9-12)14(21)10-20-15(22)7-6-13-5-2-8-23-13/h1-5,8-9,14,21H,6-7,10H2,(H,20,22). The van der Waals surface area contributed by atoms with E-state index in [9.17, 15) is 23.1 Å². The van der Waals surface area contributed by atoms with Crippen molar-refractivity contribution in [3.05, 3.63) is 57.8 Å². The predicted octanol–water partition coefficient (Wildman–Crippen LogP) is 3.55. The number of rotatable bonds is 6. The van der Waals surface area contributed by atoms with Gasteiger partial charge in [0, 0.05) is 17.8 Å². The Morgan fingerprint density at radius 2 is 2.04 bits per heavy atom. The molecule has 0 radical (unpaired) electrons. The van der Waals surface area contributed by atoms with Crippen LogP contribution in [0.4, 0.5) is 13.2 Å².